The van der Waals surface area contributed by atoms with Crippen LogP contribution in [0.5, 0.6) is 0 Å². The summed E-state index contributed by atoms with van der Waals surface area (Å²) in [4.78, 5) is 4.84. The molecule has 0 amide bonds. The molecule has 0 bridgehead atoms. The quantitative estimate of drug-likeness (QED) is 0.643. The van der Waals surface area contributed by atoms with Crippen LogP contribution >= 0.6 is 0 Å². The second-order valence-electron chi connectivity index (χ2n) is 6.12. The molecule has 1 aromatic heterocycles. The van der Waals surface area contributed by atoms with Crippen molar-refractivity contribution < 1.29 is 0 Å². The van der Waals surface area contributed by atoms with Gasteiger partial charge < -0.3 is 0 Å². The van der Waals surface area contributed by atoms with Gasteiger partial charge in [-0.25, -0.2) is 0 Å². The minimum atomic E-state index is 0.995. The molecule has 22 heavy (non-hydrogen) atoms. The van der Waals surface area contributed by atoms with Gasteiger partial charge in [0.15, 0.2) is 0 Å². The fraction of sp³-hybridized carbons (Fsp3) is 0.286. The zero-order valence-corrected chi connectivity index (χ0v) is 13.7. The third-order valence-corrected chi connectivity index (χ3v) is 4.33. The maximum Gasteiger partial charge on any atom is 0.0708 e. The summed E-state index contributed by atoms with van der Waals surface area (Å²) in [5.41, 5.74) is 7.72. The minimum Gasteiger partial charge on any atom is -0.253 e. The first-order valence-electron chi connectivity index (χ1n) is 8.10. The van der Waals surface area contributed by atoms with Crippen LogP contribution in [0.1, 0.15) is 34.9 Å². The highest BCUT2D eigenvalue weighted by Gasteiger charge is 2.04. The molecular formula is C21H23N. The molecule has 3 aromatic rings. The summed E-state index contributed by atoms with van der Waals surface area (Å²) in [6, 6.07) is 17.7. The summed E-state index contributed by atoms with van der Waals surface area (Å²) in [7, 11) is 0. The molecule has 1 heterocycles. The molecule has 1 nitrogen and oxygen atoms in total. The van der Waals surface area contributed by atoms with Crippen molar-refractivity contribution in [1.82, 2.24) is 4.98 Å². The number of rotatable bonds is 4. The van der Waals surface area contributed by atoms with Crippen LogP contribution in [0, 0.1) is 13.8 Å². The van der Waals surface area contributed by atoms with Gasteiger partial charge in [0, 0.05) is 11.1 Å². The highest BCUT2D eigenvalue weighted by molar-refractivity contribution is 5.82. The van der Waals surface area contributed by atoms with Crippen LogP contribution in [-0.4, -0.2) is 4.98 Å². The van der Waals surface area contributed by atoms with Gasteiger partial charge in [-0.2, -0.15) is 0 Å². The SMILES string of the molecule is CCc1ccc2nc(CCc3ccc(C)cc3)cc(C)c2c1. The third-order valence-electron chi connectivity index (χ3n) is 4.33. The van der Waals surface area contributed by atoms with E-state index in [2.05, 4.69) is 69.3 Å². The van der Waals surface area contributed by atoms with Crippen LogP contribution < -0.4 is 0 Å². The highest BCUT2D eigenvalue weighted by Crippen LogP contribution is 2.20. The second kappa shape index (κ2) is 6.31. The summed E-state index contributed by atoms with van der Waals surface area (Å²) >= 11 is 0. The van der Waals surface area contributed by atoms with Crippen molar-refractivity contribution in [3.8, 4) is 0 Å². The summed E-state index contributed by atoms with van der Waals surface area (Å²) in [5.74, 6) is 0. The molecular weight excluding hydrogens is 266 g/mol. The average Bonchev–Trinajstić information content (AvgIpc) is 2.54. The average molecular weight is 289 g/mol. The molecule has 2 aromatic carbocycles. The maximum absolute atomic E-state index is 4.84. The van der Waals surface area contributed by atoms with Crippen molar-refractivity contribution in [2.24, 2.45) is 0 Å². The molecule has 0 atom stereocenters. The van der Waals surface area contributed by atoms with Crippen molar-refractivity contribution in [2.45, 2.75) is 40.0 Å². The van der Waals surface area contributed by atoms with E-state index in [1.807, 2.05) is 0 Å². The van der Waals surface area contributed by atoms with E-state index in [0.29, 0.717) is 0 Å². The standard InChI is InChI=1S/C21H23N/c1-4-17-10-12-21-20(14-17)16(3)13-19(22-21)11-9-18-7-5-15(2)6-8-18/h5-8,10,12-14H,4,9,11H2,1-3H3. The fourth-order valence-electron chi connectivity index (χ4n) is 2.89. The molecule has 0 fully saturated rings. The van der Waals surface area contributed by atoms with E-state index >= 15 is 0 Å². The van der Waals surface area contributed by atoms with Gasteiger partial charge in [-0.3, -0.25) is 4.98 Å². The number of aromatic nitrogens is 1. The molecule has 3 rings (SSSR count). The first kappa shape index (κ1) is 14.8. The van der Waals surface area contributed by atoms with Gasteiger partial charge in [0.05, 0.1) is 5.52 Å². The Morgan fingerprint density at radius 3 is 2.27 bits per heavy atom. The number of hydrogen-bond donors (Lipinski definition) is 0. The summed E-state index contributed by atoms with van der Waals surface area (Å²) < 4.78 is 0. The van der Waals surface area contributed by atoms with E-state index < -0.39 is 0 Å². The van der Waals surface area contributed by atoms with Crippen LogP contribution in [0.15, 0.2) is 48.5 Å². The van der Waals surface area contributed by atoms with Gasteiger partial charge in [-0.1, -0.05) is 42.8 Å². The molecule has 0 N–H and O–H groups in total. The predicted molar refractivity (Wildman–Crippen MR) is 94.4 cm³/mol. The normalized spacial score (nSPS) is 11.0. The maximum atomic E-state index is 4.84. The van der Waals surface area contributed by atoms with Crippen molar-refractivity contribution in [3.05, 3.63) is 76.5 Å². The van der Waals surface area contributed by atoms with Gasteiger partial charge in [0.2, 0.25) is 0 Å². The Morgan fingerprint density at radius 1 is 0.818 bits per heavy atom. The number of aryl methyl sites for hydroxylation is 5. The Bertz CT molecular complexity index is 785. The number of pyridine rings is 1. The summed E-state index contributed by atoms with van der Waals surface area (Å²) in [6.45, 7) is 6.52. The Morgan fingerprint density at radius 2 is 1.55 bits per heavy atom. The Balaban J connectivity index is 1.83. The van der Waals surface area contributed by atoms with Crippen molar-refractivity contribution in [1.29, 1.82) is 0 Å². The van der Waals surface area contributed by atoms with Gasteiger partial charge >= 0.3 is 0 Å². The predicted octanol–water partition coefficient (Wildman–Crippen LogP) is 5.20. The molecule has 0 unspecified atom stereocenters. The minimum absolute atomic E-state index is 0.995. The highest BCUT2D eigenvalue weighted by atomic mass is 14.7. The zero-order chi connectivity index (χ0) is 15.5. The molecule has 0 aliphatic rings. The smallest absolute Gasteiger partial charge is 0.0708 e. The third kappa shape index (κ3) is 3.19. The van der Waals surface area contributed by atoms with Crippen molar-refractivity contribution in [2.75, 3.05) is 0 Å². The zero-order valence-electron chi connectivity index (χ0n) is 13.7. The number of nitrogens with zero attached hydrogens (tertiary/aromatic N) is 1. The van der Waals surface area contributed by atoms with Gasteiger partial charge in [0.1, 0.15) is 0 Å². The van der Waals surface area contributed by atoms with Crippen LogP contribution in [0.4, 0.5) is 0 Å². The molecule has 0 radical (unpaired) electrons. The first-order chi connectivity index (χ1) is 10.7. The number of benzene rings is 2. The van der Waals surface area contributed by atoms with Crippen LogP contribution in [-0.2, 0) is 19.3 Å². The van der Waals surface area contributed by atoms with Gasteiger partial charge in [-0.15, -0.1) is 0 Å². The van der Waals surface area contributed by atoms with Crippen LogP contribution in [0.25, 0.3) is 10.9 Å². The van der Waals surface area contributed by atoms with Gasteiger partial charge in [-0.05, 0) is 68.0 Å². The lowest BCUT2D eigenvalue weighted by atomic mass is 10.0. The molecule has 0 saturated carbocycles. The Labute approximate surface area is 133 Å². The first-order valence-corrected chi connectivity index (χ1v) is 8.10. The molecule has 0 spiro atoms. The van der Waals surface area contributed by atoms with E-state index in [-0.39, 0.29) is 0 Å². The second-order valence-corrected chi connectivity index (χ2v) is 6.12. The Hall–Kier alpha value is -2.15. The van der Waals surface area contributed by atoms with Crippen molar-refractivity contribution in [3.63, 3.8) is 0 Å². The molecule has 1 heteroatoms. The fourth-order valence-corrected chi connectivity index (χ4v) is 2.89. The van der Waals surface area contributed by atoms with E-state index in [4.69, 9.17) is 4.98 Å². The van der Waals surface area contributed by atoms with Crippen LogP contribution in [0.3, 0.4) is 0 Å². The monoisotopic (exact) mass is 289 g/mol. The topological polar surface area (TPSA) is 12.9 Å². The van der Waals surface area contributed by atoms with E-state index in [9.17, 15) is 0 Å². The molecule has 0 aliphatic carbocycles. The largest absolute Gasteiger partial charge is 0.253 e. The van der Waals surface area contributed by atoms with E-state index in [1.54, 1.807) is 0 Å². The molecule has 112 valence electrons. The Kier molecular flexibility index (Phi) is 4.24. The van der Waals surface area contributed by atoms with Crippen LogP contribution in [0.2, 0.25) is 0 Å². The lowest BCUT2D eigenvalue weighted by molar-refractivity contribution is 0.919. The lowest BCUT2D eigenvalue weighted by Crippen LogP contribution is -1.97. The van der Waals surface area contributed by atoms with Gasteiger partial charge in [0.25, 0.3) is 0 Å². The number of fused-ring (bicyclic) bond motifs is 1. The molecule has 0 aliphatic heterocycles. The molecule has 0 saturated heterocycles. The summed E-state index contributed by atoms with van der Waals surface area (Å²) in [5, 5.41) is 1.29. The van der Waals surface area contributed by atoms with E-state index in [1.165, 1.54) is 33.3 Å². The number of hydrogen-bond acceptors (Lipinski definition) is 1. The van der Waals surface area contributed by atoms with E-state index in [0.717, 1.165) is 24.8 Å². The lowest BCUT2D eigenvalue weighted by Gasteiger charge is -2.08. The van der Waals surface area contributed by atoms with Crippen molar-refractivity contribution >= 4 is 10.9 Å². The summed E-state index contributed by atoms with van der Waals surface area (Å²) in [6.07, 6.45) is 3.12.